The molecule has 7 nitrogen and oxygen atoms in total. The largest absolute Gasteiger partial charge is 0.476 e. The molecule has 0 saturated heterocycles. The molecule has 0 unspecified atom stereocenters. The third-order valence-corrected chi connectivity index (χ3v) is 2.46. The quantitative estimate of drug-likeness (QED) is 0.710. The first kappa shape index (κ1) is 16.9. The van der Waals surface area contributed by atoms with Gasteiger partial charge in [0, 0.05) is 13.2 Å². The van der Waals surface area contributed by atoms with E-state index in [2.05, 4.69) is 5.32 Å². The number of hydrogen-bond donors (Lipinski definition) is 2. The number of rotatable bonds is 8. The van der Waals surface area contributed by atoms with Crippen molar-refractivity contribution in [1.82, 2.24) is 5.32 Å². The Hall–Kier alpha value is -2.12. The van der Waals surface area contributed by atoms with E-state index >= 15 is 0 Å². The van der Waals surface area contributed by atoms with Crippen LogP contribution in [-0.2, 0) is 25.6 Å². The number of aliphatic carboxylic acids is 1. The number of benzene rings is 1. The smallest absolute Gasteiger partial charge is 0.412 e. The highest BCUT2D eigenvalue weighted by Crippen LogP contribution is 2.11. The molecule has 1 aromatic carbocycles. The molecule has 0 heterocycles. The van der Waals surface area contributed by atoms with Gasteiger partial charge in [0.15, 0.2) is 0 Å². The Morgan fingerprint density at radius 3 is 2.19 bits per heavy atom. The van der Waals surface area contributed by atoms with Gasteiger partial charge in [-0.1, -0.05) is 30.3 Å². The topological polar surface area (TPSA) is 94.1 Å². The molecule has 0 aromatic heterocycles. The van der Waals surface area contributed by atoms with E-state index in [0.717, 1.165) is 5.56 Å². The molecule has 0 aliphatic heterocycles. The number of amides is 1. The predicted octanol–water partition coefficient (Wildman–Crippen LogP) is 1.72. The molecule has 7 heteroatoms. The van der Waals surface area contributed by atoms with Crippen LogP contribution in [0.4, 0.5) is 4.79 Å². The lowest BCUT2D eigenvalue weighted by Crippen LogP contribution is -2.58. The van der Waals surface area contributed by atoms with Crippen LogP contribution in [0.5, 0.6) is 0 Å². The molecule has 1 rings (SSSR count). The van der Waals surface area contributed by atoms with E-state index in [9.17, 15) is 14.7 Å². The zero-order valence-electron chi connectivity index (χ0n) is 12.0. The Labute approximate surface area is 122 Å². The Balaban J connectivity index is 2.65. The van der Waals surface area contributed by atoms with Crippen LogP contribution in [0.3, 0.4) is 0 Å². The first-order chi connectivity index (χ1) is 10.0. The lowest BCUT2D eigenvalue weighted by atomic mass is 10.2. The normalized spacial score (nSPS) is 11.0. The summed E-state index contributed by atoms with van der Waals surface area (Å²) in [5, 5.41) is 11.3. The lowest BCUT2D eigenvalue weighted by molar-refractivity contribution is -0.251. The molecule has 0 bridgehead atoms. The van der Waals surface area contributed by atoms with Crippen LogP contribution in [0.1, 0.15) is 19.4 Å². The van der Waals surface area contributed by atoms with E-state index in [1.165, 1.54) is 0 Å². The zero-order valence-corrected chi connectivity index (χ0v) is 12.0. The van der Waals surface area contributed by atoms with Crippen molar-refractivity contribution in [3.05, 3.63) is 35.9 Å². The molecule has 0 radical (unpaired) electrons. The van der Waals surface area contributed by atoms with Gasteiger partial charge in [0.05, 0.1) is 0 Å². The zero-order chi connectivity index (χ0) is 15.7. The molecular formula is C14H19NO6. The van der Waals surface area contributed by atoms with Crippen LogP contribution in [0.2, 0.25) is 0 Å². The molecule has 0 fully saturated rings. The summed E-state index contributed by atoms with van der Waals surface area (Å²) >= 11 is 0. The van der Waals surface area contributed by atoms with E-state index in [-0.39, 0.29) is 19.8 Å². The van der Waals surface area contributed by atoms with Gasteiger partial charge in [0.25, 0.3) is 0 Å². The SMILES string of the molecule is CCOC(NC(=O)OCc1ccccc1)(OCC)C(=O)O. The van der Waals surface area contributed by atoms with Gasteiger partial charge in [-0.05, 0) is 19.4 Å². The number of alkyl carbamates (subject to hydrolysis) is 1. The minimum Gasteiger partial charge on any atom is -0.476 e. The molecule has 0 aliphatic carbocycles. The number of carboxylic acids is 1. The van der Waals surface area contributed by atoms with Crippen molar-refractivity contribution in [2.75, 3.05) is 13.2 Å². The first-order valence-electron chi connectivity index (χ1n) is 6.54. The number of carboxylic acid groups (broad SMARTS) is 1. The second-order valence-corrected chi connectivity index (χ2v) is 3.97. The lowest BCUT2D eigenvalue weighted by Gasteiger charge is -2.28. The fraction of sp³-hybridized carbons (Fsp3) is 0.429. The van der Waals surface area contributed by atoms with Crippen LogP contribution < -0.4 is 5.32 Å². The third-order valence-electron chi connectivity index (χ3n) is 2.46. The van der Waals surface area contributed by atoms with Crippen LogP contribution in [-0.4, -0.2) is 36.3 Å². The van der Waals surface area contributed by atoms with Gasteiger partial charge < -0.3 is 19.3 Å². The average molecular weight is 297 g/mol. The van der Waals surface area contributed by atoms with Crippen molar-refractivity contribution in [2.24, 2.45) is 0 Å². The predicted molar refractivity (Wildman–Crippen MR) is 73.4 cm³/mol. The maximum Gasteiger partial charge on any atom is 0.412 e. The van der Waals surface area contributed by atoms with Gasteiger partial charge >= 0.3 is 18.0 Å². The summed E-state index contributed by atoms with van der Waals surface area (Å²) in [7, 11) is 0. The molecule has 116 valence electrons. The Kier molecular flexibility index (Phi) is 6.64. The van der Waals surface area contributed by atoms with Gasteiger partial charge in [-0.2, -0.15) is 0 Å². The van der Waals surface area contributed by atoms with Crippen molar-refractivity contribution >= 4 is 12.1 Å². The van der Waals surface area contributed by atoms with E-state index in [1.807, 2.05) is 6.07 Å². The number of carbonyl (C=O) groups is 2. The second-order valence-electron chi connectivity index (χ2n) is 3.97. The molecule has 0 spiro atoms. The number of ether oxygens (including phenoxy) is 3. The Bertz CT molecular complexity index is 456. The van der Waals surface area contributed by atoms with Crippen molar-refractivity contribution in [2.45, 2.75) is 26.4 Å². The highest BCUT2D eigenvalue weighted by atomic mass is 16.7. The summed E-state index contributed by atoms with van der Waals surface area (Å²) in [4.78, 5) is 23.0. The van der Waals surface area contributed by atoms with Crippen molar-refractivity contribution < 1.29 is 28.9 Å². The molecule has 1 aromatic rings. The van der Waals surface area contributed by atoms with E-state index in [0.29, 0.717) is 0 Å². The highest BCUT2D eigenvalue weighted by molar-refractivity contribution is 5.81. The van der Waals surface area contributed by atoms with Crippen molar-refractivity contribution in [1.29, 1.82) is 0 Å². The summed E-state index contributed by atoms with van der Waals surface area (Å²) in [5.41, 5.74) is 0.779. The molecule has 1 amide bonds. The third kappa shape index (κ3) is 5.05. The maximum atomic E-state index is 11.7. The molecule has 0 saturated carbocycles. The van der Waals surface area contributed by atoms with Crippen LogP contribution >= 0.6 is 0 Å². The highest BCUT2D eigenvalue weighted by Gasteiger charge is 2.43. The standard InChI is InChI=1S/C14H19NO6/c1-3-20-14(12(16)17,21-4-2)15-13(18)19-10-11-8-6-5-7-9-11/h5-9H,3-4,10H2,1-2H3,(H,15,18)(H,16,17). The van der Waals surface area contributed by atoms with Gasteiger partial charge in [-0.3, -0.25) is 5.32 Å². The number of nitrogens with one attached hydrogen (secondary N) is 1. The van der Waals surface area contributed by atoms with Crippen molar-refractivity contribution in [3.8, 4) is 0 Å². The van der Waals surface area contributed by atoms with Gasteiger partial charge in [0.2, 0.25) is 0 Å². The summed E-state index contributed by atoms with van der Waals surface area (Å²) in [6.45, 7) is 3.29. The molecular weight excluding hydrogens is 278 g/mol. The molecule has 0 aliphatic rings. The van der Waals surface area contributed by atoms with Gasteiger partial charge in [-0.25, -0.2) is 9.59 Å². The van der Waals surface area contributed by atoms with E-state index < -0.39 is 18.0 Å². The van der Waals surface area contributed by atoms with E-state index in [4.69, 9.17) is 14.2 Å². The van der Waals surface area contributed by atoms with E-state index in [1.54, 1.807) is 38.1 Å². The Morgan fingerprint density at radius 1 is 1.14 bits per heavy atom. The number of hydrogen-bond acceptors (Lipinski definition) is 5. The molecule has 0 atom stereocenters. The van der Waals surface area contributed by atoms with Gasteiger partial charge in [0.1, 0.15) is 6.61 Å². The average Bonchev–Trinajstić information content (AvgIpc) is 2.46. The van der Waals surface area contributed by atoms with Crippen LogP contribution in [0.25, 0.3) is 0 Å². The Morgan fingerprint density at radius 2 is 1.71 bits per heavy atom. The van der Waals surface area contributed by atoms with Crippen LogP contribution in [0.15, 0.2) is 30.3 Å². The number of carbonyl (C=O) groups excluding carboxylic acids is 1. The van der Waals surface area contributed by atoms with Gasteiger partial charge in [-0.15, -0.1) is 0 Å². The molecule has 2 N–H and O–H groups in total. The minimum absolute atomic E-state index is 0.0145. The first-order valence-corrected chi connectivity index (χ1v) is 6.54. The summed E-state index contributed by atoms with van der Waals surface area (Å²) < 4.78 is 15.0. The maximum absolute atomic E-state index is 11.7. The second kappa shape index (κ2) is 8.23. The monoisotopic (exact) mass is 297 g/mol. The van der Waals surface area contributed by atoms with Crippen molar-refractivity contribution in [3.63, 3.8) is 0 Å². The summed E-state index contributed by atoms with van der Waals surface area (Å²) in [6.07, 6.45) is -0.942. The summed E-state index contributed by atoms with van der Waals surface area (Å²) in [5.74, 6) is -3.69. The minimum atomic E-state index is -2.24. The fourth-order valence-electron chi connectivity index (χ4n) is 1.59. The molecule has 21 heavy (non-hydrogen) atoms. The summed E-state index contributed by atoms with van der Waals surface area (Å²) in [6, 6.07) is 9.01. The van der Waals surface area contributed by atoms with Crippen LogP contribution in [0, 0.1) is 0 Å². The fourth-order valence-corrected chi connectivity index (χ4v) is 1.59.